The Bertz CT molecular complexity index is 1040. The Morgan fingerprint density at radius 1 is 1.30 bits per heavy atom. The Hall–Kier alpha value is -2.39. The van der Waals surface area contributed by atoms with Crippen molar-refractivity contribution in [1.82, 2.24) is 29.6 Å². The number of aryl methyl sites for hydroxylation is 2. The average molecular weight is 447 g/mol. The zero-order valence-electron chi connectivity index (χ0n) is 17.1. The molecule has 0 bridgehead atoms. The number of hydrogen-bond acceptors (Lipinski definition) is 7. The number of thioether (sulfide) groups is 1. The quantitative estimate of drug-likeness (QED) is 0.435. The fourth-order valence-electron chi connectivity index (χ4n) is 3.80. The van der Waals surface area contributed by atoms with Crippen LogP contribution in [0.1, 0.15) is 52.1 Å². The van der Waals surface area contributed by atoms with Crippen molar-refractivity contribution in [2.45, 2.75) is 44.3 Å². The maximum Gasteiger partial charge on any atom is 0.274 e. The van der Waals surface area contributed by atoms with Crippen LogP contribution in [0.3, 0.4) is 0 Å². The highest BCUT2D eigenvalue weighted by molar-refractivity contribution is 7.98. The highest BCUT2D eigenvalue weighted by Gasteiger charge is 2.29. The summed E-state index contributed by atoms with van der Waals surface area (Å²) in [7, 11) is 0. The van der Waals surface area contributed by atoms with Gasteiger partial charge in [-0.2, -0.15) is 0 Å². The van der Waals surface area contributed by atoms with E-state index in [1.54, 1.807) is 0 Å². The Labute approximate surface area is 184 Å². The van der Waals surface area contributed by atoms with E-state index in [2.05, 4.69) is 24.7 Å². The number of likely N-dealkylation sites (tertiary alicyclic amines) is 1. The summed E-state index contributed by atoms with van der Waals surface area (Å²) in [6.45, 7) is 5.83. The maximum absolute atomic E-state index is 12.9. The Morgan fingerprint density at radius 2 is 2.07 bits per heavy atom. The van der Waals surface area contributed by atoms with Crippen molar-refractivity contribution >= 4 is 29.3 Å². The molecule has 1 aliphatic heterocycles. The van der Waals surface area contributed by atoms with Gasteiger partial charge in [0.1, 0.15) is 11.6 Å². The first kappa shape index (κ1) is 20.9. The molecule has 0 aliphatic carbocycles. The van der Waals surface area contributed by atoms with Gasteiger partial charge in [-0.3, -0.25) is 4.79 Å². The Balaban J connectivity index is 1.45. The third-order valence-corrected chi connectivity index (χ3v) is 6.35. The monoisotopic (exact) mass is 446 g/mol. The molecule has 0 radical (unpaired) electrons. The van der Waals surface area contributed by atoms with Crippen molar-refractivity contribution in [3.05, 3.63) is 52.1 Å². The van der Waals surface area contributed by atoms with Gasteiger partial charge in [-0.25, -0.2) is 15.0 Å². The first-order valence-corrected chi connectivity index (χ1v) is 11.4. The fourth-order valence-corrected chi connectivity index (χ4v) is 4.31. The van der Waals surface area contributed by atoms with Gasteiger partial charge in [0.2, 0.25) is 0 Å². The SMILES string of the molecule is CSc1ncc(Cl)c(C(=O)N2CCC(c3nccn3Cc3c(C)noc3C)CC2)n1. The third kappa shape index (κ3) is 4.09. The lowest BCUT2D eigenvalue weighted by molar-refractivity contribution is 0.0703. The van der Waals surface area contributed by atoms with Gasteiger partial charge < -0.3 is 14.0 Å². The lowest BCUT2D eigenvalue weighted by atomic mass is 9.95. The second-order valence-electron chi connectivity index (χ2n) is 7.34. The van der Waals surface area contributed by atoms with Gasteiger partial charge in [0.15, 0.2) is 10.9 Å². The van der Waals surface area contributed by atoms with Crippen molar-refractivity contribution in [2.24, 2.45) is 0 Å². The molecule has 1 aliphatic rings. The molecule has 0 aromatic carbocycles. The summed E-state index contributed by atoms with van der Waals surface area (Å²) < 4.78 is 7.44. The van der Waals surface area contributed by atoms with Crippen LogP contribution in [0.15, 0.2) is 28.3 Å². The number of piperidine rings is 1. The highest BCUT2D eigenvalue weighted by Crippen LogP contribution is 2.29. The first-order chi connectivity index (χ1) is 14.5. The van der Waals surface area contributed by atoms with E-state index < -0.39 is 0 Å². The molecule has 158 valence electrons. The van der Waals surface area contributed by atoms with Crippen LogP contribution in [0.25, 0.3) is 0 Å². The van der Waals surface area contributed by atoms with E-state index in [0.29, 0.717) is 24.8 Å². The molecular formula is C20H23ClN6O2S. The topological polar surface area (TPSA) is 89.9 Å². The molecular weight excluding hydrogens is 424 g/mol. The van der Waals surface area contributed by atoms with E-state index in [0.717, 1.165) is 35.7 Å². The molecule has 4 heterocycles. The van der Waals surface area contributed by atoms with E-state index in [9.17, 15) is 4.79 Å². The summed E-state index contributed by atoms with van der Waals surface area (Å²) in [4.78, 5) is 27.8. The standard InChI is InChI=1S/C20H23ClN6O2S/c1-12-15(13(2)29-25-12)11-27-9-6-22-18(27)14-4-7-26(8-5-14)19(28)17-16(21)10-23-20(24-17)30-3/h6,9-10,14H,4-5,7-8,11H2,1-3H3. The molecule has 8 nitrogen and oxygen atoms in total. The van der Waals surface area contributed by atoms with Crippen LogP contribution in [0.4, 0.5) is 0 Å². The zero-order chi connectivity index (χ0) is 21.3. The van der Waals surface area contributed by atoms with Crippen LogP contribution >= 0.6 is 23.4 Å². The number of rotatable bonds is 5. The minimum absolute atomic E-state index is 0.143. The van der Waals surface area contributed by atoms with Crippen molar-refractivity contribution < 1.29 is 9.32 Å². The molecule has 30 heavy (non-hydrogen) atoms. The van der Waals surface area contributed by atoms with Crippen molar-refractivity contribution in [3.63, 3.8) is 0 Å². The van der Waals surface area contributed by atoms with Crippen molar-refractivity contribution in [1.29, 1.82) is 0 Å². The predicted molar refractivity (Wildman–Crippen MR) is 114 cm³/mol. The van der Waals surface area contributed by atoms with E-state index in [-0.39, 0.29) is 22.5 Å². The number of nitrogens with zero attached hydrogens (tertiary/aromatic N) is 6. The number of aromatic nitrogens is 5. The second-order valence-corrected chi connectivity index (χ2v) is 8.52. The van der Waals surface area contributed by atoms with E-state index in [1.807, 2.05) is 37.4 Å². The van der Waals surface area contributed by atoms with Gasteiger partial charge in [0, 0.05) is 37.0 Å². The van der Waals surface area contributed by atoms with Crippen LogP contribution in [-0.4, -0.2) is 54.8 Å². The van der Waals surface area contributed by atoms with Gasteiger partial charge in [-0.1, -0.05) is 28.5 Å². The van der Waals surface area contributed by atoms with Gasteiger partial charge >= 0.3 is 0 Å². The Kier molecular flexibility index (Phi) is 6.10. The minimum Gasteiger partial charge on any atom is -0.361 e. The average Bonchev–Trinajstić information content (AvgIpc) is 3.36. The van der Waals surface area contributed by atoms with Crippen LogP contribution in [0.5, 0.6) is 0 Å². The zero-order valence-corrected chi connectivity index (χ0v) is 18.7. The summed E-state index contributed by atoms with van der Waals surface area (Å²) in [5.74, 6) is 2.01. The van der Waals surface area contributed by atoms with Crippen LogP contribution in [-0.2, 0) is 6.54 Å². The molecule has 1 fully saturated rings. The molecule has 0 unspecified atom stereocenters. The largest absolute Gasteiger partial charge is 0.361 e. The lowest BCUT2D eigenvalue weighted by Gasteiger charge is -2.32. The molecule has 4 rings (SSSR count). The molecule has 0 saturated carbocycles. The number of amides is 1. The smallest absolute Gasteiger partial charge is 0.274 e. The van der Waals surface area contributed by atoms with Gasteiger partial charge in [-0.05, 0) is 32.9 Å². The number of halogens is 1. The molecule has 0 spiro atoms. The molecule has 1 amide bonds. The summed E-state index contributed by atoms with van der Waals surface area (Å²) >= 11 is 7.57. The highest BCUT2D eigenvalue weighted by atomic mass is 35.5. The van der Waals surface area contributed by atoms with E-state index in [1.165, 1.54) is 18.0 Å². The molecule has 3 aromatic rings. The maximum atomic E-state index is 12.9. The summed E-state index contributed by atoms with van der Waals surface area (Å²) in [6, 6.07) is 0. The van der Waals surface area contributed by atoms with E-state index in [4.69, 9.17) is 16.1 Å². The number of hydrogen-bond donors (Lipinski definition) is 0. The molecule has 0 atom stereocenters. The molecule has 3 aromatic heterocycles. The van der Waals surface area contributed by atoms with Gasteiger partial charge in [0.25, 0.3) is 5.91 Å². The lowest BCUT2D eigenvalue weighted by Crippen LogP contribution is -2.39. The Morgan fingerprint density at radius 3 is 2.73 bits per heavy atom. The normalized spacial score (nSPS) is 15.0. The fraction of sp³-hybridized carbons (Fsp3) is 0.450. The van der Waals surface area contributed by atoms with Crippen molar-refractivity contribution in [2.75, 3.05) is 19.3 Å². The number of imidazole rings is 1. The summed E-state index contributed by atoms with van der Waals surface area (Å²) in [5.41, 5.74) is 2.26. The van der Waals surface area contributed by atoms with Crippen molar-refractivity contribution in [3.8, 4) is 0 Å². The second kappa shape index (κ2) is 8.77. The molecule has 1 saturated heterocycles. The van der Waals surface area contributed by atoms with Gasteiger partial charge in [-0.15, -0.1) is 0 Å². The van der Waals surface area contributed by atoms with E-state index >= 15 is 0 Å². The first-order valence-electron chi connectivity index (χ1n) is 9.76. The molecule has 10 heteroatoms. The minimum atomic E-state index is -0.143. The third-order valence-electron chi connectivity index (χ3n) is 5.51. The predicted octanol–water partition coefficient (Wildman–Crippen LogP) is 3.72. The van der Waals surface area contributed by atoms with Crippen LogP contribution in [0, 0.1) is 13.8 Å². The summed E-state index contributed by atoms with van der Waals surface area (Å²) in [6.07, 6.45) is 8.85. The summed E-state index contributed by atoms with van der Waals surface area (Å²) in [5, 5.41) is 4.87. The van der Waals surface area contributed by atoms with Crippen LogP contribution < -0.4 is 0 Å². The number of carbonyl (C=O) groups excluding carboxylic acids is 1. The number of carbonyl (C=O) groups is 1. The van der Waals surface area contributed by atoms with Crippen LogP contribution in [0.2, 0.25) is 5.02 Å². The van der Waals surface area contributed by atoms with Gasteiger partial charge in [0.05, 0.1) is 23.5 Å². The molecule has 0 N–H and O–H groups in total.